The molecule has 0 saturated heterocycles. The Morgan fingerprint density at radius 2 is 1.82 bits per heavy atom. The lowest BCUT2D eigenvalue weighted by Gasteiger charge is -2.33. The Kier molecular flexibility index (Phi) is 6.67. The molecule has 1 N–H and O–H groups in total. The van der Waals surface area contributed by atoms with Crippen molar-refractivity contribution in [3.8, 4) is 0 Å². The second kappa shape index (κ2) is 9.37. The highest BCUT2D eigenvalue weighted by molar-refractivity contribution is 7.16. The molecule has 1 heterocycles. The predicted octanol–water partition coefficient (Wildman–Crippen LogP) is 7.92. The summed E-state index contributed by atoms with van der Waals surface area (Å²) in [5.41, 5.74) is 1.81. The highest BCUT2D eigenvalue weighted by Gasteiger charge is 2.34. The van der Waals surface area contributed by atoms with Crippen LogP contribution in [0.15, 0.2) is 59.6 Å². The fraction of sp³-hybridized carbons (Fsp3) is 0.333. The minimum absolute atomic E-state index is 0.112. The van der Waals surface area contributed by atoms with E-state index in [1.807, 2.05) is 30.3 Å². The van der Waals surface area contributed by atoms with Crippen molar-refractivity contribution < 1.29 is 18.0 Å². The number of amides is 1. The molecule has 178 valence electrons. The second-order valence-electron chi connectivity index (χ2n) is 9.69. The van der Waals surface area contributed by atoms with Crippen LogP contribution in [0.4, 0.5) is 23.9 Å². The number of anilines is 1. The number of carbonyl (C=O) groups excluding carboxylic acids is 1. The van der Waals surface area contributed by atoms with Gasteiger partial charge in [0, 0.05) is 16.8 Å². The highest BCUT2D eigenvalue weighted by atomic mass is 32.1. The van der Waals surface area contributed by atoms with Crippen LogP contribution in [0.25, 0.3) is 0 Å². The molecule has 0 spiro atoms. The Bertz CT molecular complexity index is 1210. The molecule has 1 unspecified atom stereocenters. The number of benzene rings is 2. The molecule has 1 aliphatic rings. The average molecular weight is 485 g/mol. The van der Waals surface area contributed by atoms with Crippen LogP contribution < -0.4 is 5.32 Å². The molecule has 34 heavy (non-hydrogen) atoms. The molecule has 1 aromatic heterocycles. The van der Waals surface area contributed by atoms with Crippen LogP contribution >= 0.6 is 11.3 Å². The third-order valence-corrected chi connectivity index (χ3v) is 7.44. The number of rotatable bonds is 4. The number of alkyl halides is 3. The molecule has 0 bridgehead atoms. The molecule has 0 fully saturated rings. The number of thiophene rings is 1. The van der Waals surface area contributed by atoms with E-state index in [9.17, 15) is 18.0 Å². The second-order valence-corrected chi connectivity index (χ2v) is 10.8. The first kappa shape index (κ1) is 24.2. The Hall–Kier alpha value is -2.93. The summed E-state index contributed by atoms with van der Waals surface area (Å²) in [7, 11) is 0. The van der Waals surface area contributed by atoms with Crippen LogP contribution in [0.1, 0.15) is 59.1 Å². The normalized spacial score (nSPS) is 16.5. The van der Waals surface area contributed by atoms with Crippen molar-refractivity contribution in [3.63, 3.8) is 0 Å². The zero-order chi connectivity index (χ0) is 24.5. The molecule has 3 aromatic rings. The van der Waals surface area contributed by atoms with E-state index in [0.717, 1.165) is 47.4 Å². The first-order valence-electron chi connectivity index (χ1n) is 11.2. The van der Waals surface area contributed by atoms with Crippen molar-refractivity contribution in [2.75, 3.05) is 5.32 Å². The fourth-order valence-corrected chi connectivity index (χ4v) is 5.54. The van der Waals surface area contributed by atoms with Crippen molar-refractivity contribution in [2.24, 2.45) is 16.3 Å². The predicted molar refractivity (Wildman–Crippen MR) is 132 cm³/mol. The fourth-order valence-electron chi connectivity index (χ4n) is 4.27. The monoisotopic (exact) mass is 484 g/mol. The zero-order valence-corrected chi connectivity index (χ0v) is 20.2. The van der Waals surface area contributed by atoms with Gasteiger partial charge in [-0.25, -0.2) is 4.99 Å². The molecular formula is C27H27F3N2OS. The summed E-state index contributed by atoms with van der Waals surface area (Å²) in [4.78, 5) is 19.1. The first-order chi connectivity index (χ1) is 16.0. The number of hydrogen-bond acceptors (Lipinski definition) is 3. The van der Waals surface area contributed by atoms with Gasteiger partial charge in [-0.05, 0) is 59.9 Å². The molecule has 1 aliphatic carbocycles. The van der Waals surface area contributed by atoms with E-state index >= 15 is 0 Å². The summed E-state index contributed by atoms with van der Waals surface area (Å²) in [5.74, 6) is 0.0650. The molecule has 1 amide bonds. The van der Waals surface area contributed by atoms with Crippen molar-refractivity contribution in [1.82, 2.24) is 0 Å². The van der Waals surface area contributed by atoms with Gasteiger partial charge in [0.2, 0.25) is 0 Å². The molecule has 1 atom stereocenters. The minimum Gasteiger partial charge on any atom is -0.322 e. The Morgan fingerprint density at radius 3 is 2.50 bits per heavy atom. The maximum atomic E-state index is 13.4. The van der Waals surface area contributed by atoms with Gasteiger partial charge in [-0.15, -0.1) is 11.3 Å². The summed E-state index contributed by atoms with van der Waals surface area (Å²) in [5, 5.41) is 3.27. The summed E-state index contributed by atoms with van der Waals surface area (Å²) >= 11 is 1.51. The minimum atomic E-state index is -4.48. The number of nitrogens with one attached hydrogen (secondary N) is 1. The van der Waals surface area contributed by atoms with Crippen LogP contribution in [-0.4, -0.2) is 12.1 Å². The molecule has 3 nitrogen and oxygen atoms in total. The van der Waals surface area contributed by atoms with Crippen molar-refractivity contribution >= 4 is 34.1 Å². The largest absolute Gasteiger partial charge is 0.416 e. The van der Waals surface area contributed by atoms with Crippen molar-refractivity contribution in [2.45, 2.75) is 46.2 Å². The van der Waals surface area contributed by atoms with E-state index in [2.05, 4.69) is 31.1 Å². The van der Waals surface area contributed by atoms with Gasteiger partial charge >= 0.3 is 6.18 Å². The molecule has 0 radical (unpaired) electrons. The van der Waals surface area contributed by atoms with Gasteiger partial charge in [0.15, 0.2) is 0 Å². The van der Waals surface area contributed by atoms with Crippen LogP contribution in [0, 0.1) is 11.3 Å². The average Bonchev–Trinajstić information content (AvgIpc) is 3.15. The maximum absolute atomic E-state index is 13.4. The van der Waals surface area contributed by atoms with Gasteiger partial charge in [-0.3, -0.25) is 4.79 Å². The molecule has 4 rings (SSSR count). The molecule has 2 aromatic carbocycles. The molecule has 7 heteroatoms. The van der Waals surface area contributed by atoms with Gasteiger partial charge in [-0.2, -0.15) is 13.2 Å². The molecule has 0 aliphatic heterocycles. The Labute approximate surface area is 201 Å². The van der Waals surface area contributed by atoms with Gasteiger partial charge in [0.1, 0.15) is 5.00 Å². The third-order valence-electron chi connectivity index (χ3n) is 6.28. The molecular weight excluding hydrogens is 457 g/mol. The van der Waals surface area contributed by atoms with Crippen LogP contribution in [0.3, 0.4) is 0 Å². The number of carbonyl (C=O) groups is 1. The number of aliphatic imine (C=N–C) groups is 1. The lowest BCUT2D eigenvalue weighted by atomic mass is 9.72. The first-order valence-corrected chi connectivity index (χ1v) is 12.1. The lowest BCUT2D eigenvalue weighted by molar-refractivity contribution is -0.137. The Balaban J connectivity index is 1.69. The SMILES string of the molecule is CC(C)(C)C1CCc2c(sc(/N=C/c3ccccc3)c2C(=O)Nc2cccc(C(F)(F)F)c2)C1. The van der Waals surface area contributed by atoms with E-state index in [-0.39, 0.29) is 11.1 Å². The number of nitrogens with zero attached hydrogens (tertiary/aromatic N) is 1. The molecule has 0 saturated carbocycles. The van der Waals surface area contributed by atoms with Crippen LogP contribution in [0.2, 0.25) is 0 Å². The third kappa shape index (κ3) is 5.41. The summed E-state index contributed by atoms with van der Waals surface area (Å²) < 4.78 is 39.4. The van der Waals surface area contributed by atoms with Crippen molar-refractivity contribution in [1.29, 1.82) is 0 Å². The lowest BCUT2D eigenvalue weighted by Crippen LogP contribution is -2.27. The summed E-state index contributed by atoms with van der Waals surface area (Å²) in [6.45, 7) is 6.68. The zero-order valence-electron chi connectivity index (χ0n) is 19.4. The van der Waals surface area contributed by atoms with E-state index < -0.39 is 17.6 Å². The van der Waals surface area contributed by atoms with Crippen LogP contribution in [0.5, 0.6) is 0 Å². The summed E-state index contributed by atoms with van der Waals surface area (Å²) in [6.07, 6.45) is -0.179. The summed E-state index contributed by atoms with van der Waals surface area (Å²) in [6, 6.07) is 14.3. The number of halogens is 3. The smallest absolute Gasteiger partial charge is 0.322 e. The topological polar surface area (TPSA) is 41.5 Å². The van der Waals surface area contributed by atoms with Crippen molar-refractivity contribution in [3.05, 3.63) is 81.7 Å². The van der Waals surface area contributed by atoms with E-state index in [1.165, 1.54) is 23.5 Å². The van der Waals surface area contributed by atoms with Gasteiger partial charge in [-0.1, -0.05) is 57.2 Å². The van der Waals surface area contributed by atoms with Gasteiger partial charge < -0.3 is 5.32 Å². The van der Waals surface area contributed by atoms with Crippen LogP contribution in [-0.2, 0) is 19.0 Å². The highest BCUT2D eigenvalue weighted by Crippen LogP contribution is 2.45. The number of hydrogen-bond donors (Lipinski definition) is 1. The standard InChI is InChI=1S/C27H27F3N2OS/c1-26(2,3)18-12-13-21-22(15-18)34-25(31-16-17-8-5-4-6-9-17)23(21)24(33)32-20-11-7-10-19(14-20)27(28,29)30/h4-11,14,16,18H,12-13,15H2,1-3H3,(H,32,33)/b31-16+. The number of fused-ring (bicyclic) bond motifs is 1. The van der Waals surface area contributed by atoms with E-state index in [1.54, 1.807) is 6.21 Å². The maximum Gasteiger partial charge on any atom is 0.416 e. The van der Waals surface area contributed by atoms with Gasteiger partial charge in [0.05, 0.1) is 11.1 Å². The van der Waals surface area contributed by atoms with Gasteiger partial charge in [0.25, 0.3) is 5.91 Å². The quantitative estimate of drug-likeness (QED) is 0.376. The van der Waals surface area contributed by atoms with E-state index in [4.69, 9.17) is 0 Å². The van der Waals surface area contributed by atoms with E-state index in [0.29, 0.717) is 16.5 Å². The Morgan fingerprint density at radius 1 is 1.09 bits per heavy atom.